The largest absolute Gasteiger partial charge is 0.402 e. The van der Waals surface area contributed by atoms with Crippen molar-refractivity contribution in [2.24, 2.45) is 5.73 Å². The van der Waals surface area contributed by atoms with E-state index in [0.29, 0.717) is 20.2 Å². The van der Waals surface area contributed by atoms with Gasteiger partial charge >= 0.3 is 0 Å². The predicted octanol–water partition coefficient (Wildman–Crippen LogP) is 7.12. The van der Waals surface area contributed by atoms with Gasteiger partial charge in [-0.2, -0.15) is 0 Å². The molecule has 2 rings (SSSR count). The van der Waals surface area contributed by atoms with Crippen LogP contribution in [-0.2, 0) is 12.8 Å². The molecule has 0 saturated heterocycles. The Kier molecular flexibility index (Phi) is 10.3. The van der Waals surface area contributed by atoms with Crippen molar-refractivity contribution in [2.75, 3.05) is 0 Å². The van der Waals surface area contributed by atoms with Gasteiger partial charge in [-0.05, 0) is 65.0 Å². The summed E-state index contributed by atoms with van der Waals surface area (Å²) in [7, 11) is 0.642. The van der Waals surface area contributed by atoms with Crippen molar-refractivity contribution in [2.45, 2.75) is 72.9 Å². The van der Waals surface area contributed by atoms with Gasteiger partial charge < -0.3 is 5.73 Å². The van der Waals surface area contributed by atoms with Crippen LogP contribution in [0.1, 0.15) is 75.3 Å². The standard InChI is InChI=1S/C23H31ClNP.C2H6/c1-7-18-10-9-11-21(23(18)26-17(6)16(5)25)15(4)22-14(3)12-20(24)13-19(22)8-2;1-2/h9-13,15,17,26H,5,7-8,25H2,1-4,6H3;1-2H3. The number of nitrogens with two attached hydrogens (primary N) is 1. The third-order valence-electron chi connectivity index (χ3n) is 5.20. The zero-order valence-electron chi connectivity index (χ0n) is 18.6. The fraction of sp³-hybridized carbons (Fsp3) is 0.440. The van der Waals surface area contributed by atoms with E-state index in [4.69, 9.17) is 17.3 Å². The maximum atomic E-state index is 6.31. The van der Waals surface area contributed by atoms with Gasteiger partial charge in [-0.15, -0.1) is 0 Å². The van der Waals surface area contributed by atoms with Crippen molar-refractivity contribution in [3.8, 4) is 0 Å². The number of allylic oxidation sites excluding steroid dienone is 1. The van der Waals surface area contributed by atoms with E-state index in [0.717, 1.165) is 23.6 Å². The quantitative estimate of drug-likeness (QED) is 0.477. The molecule has 2 aromatic carbocycles. The minimum Gasteiger partial charge on any atom is -0.402 e. The Hall–Kier alpha value is -1.30. The van der Waals surface area contributed by atoms with E-state index in [1.54, 1.807) is 0 Å². The number of rotatable bonds is 7. The minimum atomic E-state index is 0.297. The topological polar surface area (TPSA) is 26.0 Å². The first-order chi connectivity index (χ1) is 13.3. The van der Waals surface area contributed by atoms with Crippen LogP contribution in [0.5, 0.6) is 0 Å². The Morgan fingerprint density at radius 2 is 1.71 bits per heavy atom. The highest BCUT2D eigenvalue weighted by Gasteiger charge is 2.21. The molecule has 2 aromatic rings. The summed E-state index contributed by atoms with van der Waals surface area (Å²) in [6, 6.07) is 10.9. The van der Waals surface area contributed by atoms with Crippen molar-refractivity contribution >= 4 is 25.5 Å². The lowest BCUT2D eigenvalue weighted by molar-refractivity contribution is 0.884. The highest BCUT2D eigenvalue weighted by molar-refractivity contribution is 7.48. The lowest BCUT2D eigenvalue weighted by Gasteiger charge is -2.25. The summed E-state index contributed by atoms with van der Waals surface area (Å²) in [5.74, 6) is 0.328. The number of hydrogen-bond donors (Lipinski definition) is 1. The van der Waals surface area contributed by atoms with Crippen LogP contribution in [0.2, 0.25) is 5.02 Å². The van der Waals surface area contributed by atoms with Gasteiger partial charge in [0.15, 0.2) is 0 Å². The molecule has 0 heterocycles. The molecule has 0 radical (unpaired) electrons. The van der Waals surface area contributed by atoms with Gasteiger partial charge in [0.2, 0.25) is 0 Å². The van der Waals surface area contributed by atoms with Gasteiger partial charge in [0.25, 0.3) is 0 Å². The van der Waals surface area contributed by atoms with E-state index in [-0.39, 0.29) is 0 Å². The summed E-state index contributed by atoms with van der Waals surface area (Å²) in [4.78, 5) is 0. The van der Waals surface area contributed by atoms with Crippen LogP contribution >= 0.6 is 20.2 Å². The van der Waals surface area contributed by atoms with E-state index in [9.17, 15) is 0 Å². The summed E-state index contributed by atoms with van der Waals surface area (Å²) >= 11 is 6.31. The lowest BCUT2D eigenvalue weighted by Crippen LogP contribution is -2.19. The molecule has 3 heteroatoms. The zero-order chi connectivity index (χ0) is 21.4. The minimum absolute atomic E-state index is 0.297. The Morgan fingerprint density at radius 3 is 2.25 bits per heavy atom. The molecular formula is C25H37ClNP. The Balaban J connectivity index is 0.00000190. The van der Waals surface area contributed by atoms with Crippen LogP contribution in [0.4, 0.5) is 0 Å². The van der Waals surface area contributed by atoms with E-state index in [1.165, 1.54) is 33.1 Å². The first-order valence-electron chi connectivity index (χ1n) is 10.4. The van der Waals surface area contributed by atoms with Crippen molar-refractivity contribution in [1.29, 1.82) is 0 Å². The van der Waals surface area contributed by atoms with Gasteiger partial charge in [-0.25, -0.2) is 0 Å². The van der Waals surface area contributed by atoms with E-state index >= 15 is 0 Å². The highest BCUT2D eigenvalue weighted by atomic mass is 35.5. The molecule has 0 aliphatic carbocycles. The third kappa shape index (κ3) is 5.85. The molecule has 0 aliphatic rings. The van der Waals surface area contributed by atoms with Gasteiger partial charge in [-0.3, -0.25) is 0 Å². The average Bonchev–Trinajstić information content (AvgIpc) is 2.68. The molecule has 0 bridgehead atoms. The maximum Gasteiger partial charge on any atom is 0.0411 e. The summed E-state index contributed by atoms with van der Waals surface area (Å²) in [6.07, 6.45) is 2.02. The van der Waals surface area contributed by atoms with E-state index in [1.807, 2.05) is 13.8 Å². The number of aryl methyl sites for hydroxylation is 3. The number of benzene rings is 2. The van der Waals surface area contributed by atoms with Crippen LogP contribution in [0, 0.1) is 6.92 Å². The molecule has 0 saturated carbocycles. The predicted molar refractivity (Wildman–Crippen MR) is 131 cm³/mol. The lowest BCUT2D eigenvalue weighted by atomic mass is 9.85. The first-order valence-corrected chi connectivity index (χ1v) is 11.9. The molecule has 0 amide bonds. The van der Waals surface area contributed by atoms with Gasteiger partial charge in [0.1, 0.15) is 0 Å². The highest BCUT2D eigenvalue weighted by Crippen LogP contribution is 2.35. The molecule has 28 heavy (non-hydrogen) atoms. The molecule has 2 N–H and O–H groups in total. The second kappa shape index (κ2) is 11.6. The fourth-order valence-corrected chi connectivity index (χ4v) is 5.48. The number of halogens is 1. The molecule has 0 aliphatic heterocycles. The van der Waals surface area contributed by atoms with Gasteiger partial charge in [-0.1, -0.05) is 86.5 Å². The monoisotopic (exact) mass is 417 g/mol. The summed E-state index contributed by atoms with van der Waals surface area (Å²) in [5.41, 5.74) is 13.9. The molecule has 0 fully saturated rings. The van der Waals surface area contributed by atoms with Crippen LogP contribution in [0.25, 0.3) is 0 Å². The molecule has 0 aromatic heterocycles. The third-order valence-corrected chi connectivity index (χ3v) is 7.12. The zero-order valence-corrected chi connectivity index (χ0v) is 20.4. The summed E-state index contributed by atoms with van der Waals surface area (Å²) in [5, 5.41) is 2.28. The van der Waals surface area contributed by atoms with Crippen LogP contribution in [0.15, 0.2) is 42.6 Å². The molecule has 154 valence electrons. The normalized spacial score (nSPS) is 13.1. The van der Waals surface area contributed by atoms with Crippen LogP contribution < -0.4 is 11.0 Å². The van der Waals surface area contributed by atoms with Crippen molar-refractivity contribution in [1.82, 2.24) is 0 Å². The Bertz CT molecular complexity index is 797. The fourth-order valence-electron chi connectivity index (χ4n) is 3.65. The Morgan fingerprint density at radius 1 is 1.11 bits per heavy atom. The van der Waals surface area contributed by atoms with Gasteiger partial charge in [0, 0.05) is 22.3 Å². The average molecular weight is 418 g/mol. The Labute approximate surface area is 179 Å². The van der Waals surface area contributed by atoms with Crippen molar-refractivity contribution in [3.05, 3.63) is 75.4 Å². The molecule has 0 spiro atoms. The molecule has 3 unspecified atom stereocenters. The SMILES string of the molecule is C=C(N)C(C)Pc1c(CC)cccc1C(C)c1c(C)cc(Cl)cc1CC.CC. The van der Waals surface area contributed by atoms with Crippen LogP contribution in [-0.4, -0.2) is 5.66 Å². The number of hydrogen-bond acceptors (Lipinski definition) is 1. The molecule has 1 nitrogen and oxygen atoms in total. The molecular weight excluding hydrogens is 381 g/mol. The molecule has 3 atom stereocenters. The van der Waals surface area contributed by atoms with E-state index < -0.39 is 0 Å². The maximum absolute atomic E-state index is 6.31. The summed E-state index contributed by atoms with van der Waals surface area (Å²) < 4.78 is 0. The van der Waals surface area contributed by atoms with E-state index in [2.05, 4.69) is 71.5 Å². The van der Waals surface area contributed by atoms with Crippen molar-refractivity contribution < 1.29 is 0 Å². The summed E-state index contributed by atoms with van der Waals surface area (Å²) in [6.45, 7) is 19.1. The first kappa shape index (κ1) is 24.7. The van der Waals surface area contributed by atoms with Gasteiger partial charge in [0.05, 0.1) is 0 Å². The van der Waals surface area contributed by atoms with Crippen LogP contribution in [0.3, 0.4) is 0 Å². The second-order valence-corrected chi connectivity index (χ2v) is 9.14. The smallest absolute Gasteiger partial charge is 0.0411 e. The van der Waals surface area contributed by atoms with Crippen molar-refractivity contribution in [3.63, 3.8) is 0 Å². The second-order valence-electron chi connectivity index (χ2n) is 7.05.